The third kappa shape index (κ3) is 4.07. The lowest BCUT2D eigenvalue weighted by Gasteiger charge is -2.58. The highest BCUT2D eigenvalue weighted by molar-refractivity contribution is 5.79. The number of hydrogen-bond donors (Lipinski definition) is 0. The van der Waals surface area contributed by atoms with Gasteiger partial charge in [-0.05, 0) is 101 Å². The van der Waals surface area contributed by atoms with Crippen molar-refractivity contribution in [1.82, 2.24) is 0 Å². The van der Waals surface area contributed by atoms with Crippen LogP contribution in [0.2, 0.25) is 0 Å². The van der Waals surface area contributed by atoms with Crippen molar-refractivity contribution in [2.75, 3.05) is 0 Å². The summed E-state index contributed by atoms with van der Waals surface area (Å²) >= 11 is 0. The number of hydrogen-bond acceptors (Lipinski definition) is 3. The third-order valence-electron chi connectivity index (χ3n) is 9.75. The molecular formula is C28H42O3. The van der Waals surface area contributed by atoms with E-state index >= 15 is 0 Å². The molecule has 4 aliphatic rings. The molecule has 3 heteroatoms. The molecule has 0 heterocycles. The van der Waals surface area contributed by atoms with E-state index in [1.54, 1.807) is 5.57 Å². The Morgan fingerprint density at radius 1 is 1.06 bits per heavy atom. The predicted octanol–water partition coefficient (Wildman–Crippen LogP) is 6.81. The zero-order chi connectivity index (χ0) is 22.4. The van der Waals surface area contributed by atoms with Crippen LogP contribution in [0.5, 0.6) is 0 Å². The van der Waals surface area contributed by atoms with Crippen molar-refractivity contribution < 1.29 is 14.3 Å². The first-order valence-electron chi connectivity index (χ1n) is 12.7. The van der Waals surface area contributed by atoms with Crippen LogP contribution in [0.1, 0.15) is 98.8 Å². The molecule has 172 valence electrons. The topological polar surface area (TPSA) is 43.4 Å². The van der Waals surface area contributed by atoms with Crippen LogP contribution in [0.15, 0.2) is 23.3 Å². The second kappa shape index (κ2) is 8.52. The van der Waals surface area contributed by atoms with Crippen LogP contribution in [0, 0.1) is 34.5 Å². The highest BCUT2D eigenvalue weighted by atomic mass is 16.5. The average molecular weight is 427 g/mol. The van der Waals surface area contributed by atoms with Gasteiger partial charge in [-0.1, -0.05) is 37.1 Å². The molecule has 0 N–H and O–H groups in total. The van der Waals surface area contributed by atoms with Crippen LogP contribution < -0.4 is 0 Å². The van der Waals surface area contributed by atoms with Gasteiger partial charge in [0.25, 0.3) is 0 Å². The summed E-state index contributed by atoms with van der Waals surface area (Å²) in [7, 11) is 0. The second-order valence-corrected chi connectivity index (χ2v) is 11.7. The number of carbonyl (C=O) groups is 2. The second-order valence-electron chi connectivity index (χ2n) is 11.7. The quantitative estimate of drug-likeness (QED) is 0.358. The molecule has 0 amide bonds. The number of rotatable bonds is 5. The zero-order valence-corrected chi connectivity index (χ0v) is 20.3. The Hall–Kier alpha value is -1.38. The number of ether oxygens (including phenoxy) is 1. The number of allylic oxidation sites excluding steroid dienone is 3. The lowest BCUT2D eigenvalue weighted by atomic mass is 9.47. The van der Waals surface area contributed by atoms with E-state index in [2.05, 4.69) is 39.8 Å². The molecule has 0 unspecified atom stereocenters. The first-order valence-corrected chi connectivity index (χ1v) is 12.7. The van der Waals surface area contributed by atoms with Gasteiger partial charge in [0, 0.05) is 18.8 Å². The molecule has 3 nitrogen and oxygen atoms in total. The monoisotopic (exact) mass is 426 g/mol. The van der Waals surface area contributed by atoms with Gasteiger partial charge in [-0.25, -0.2) is 0 Å². The number of fused-ring (bicyclic) bond motifs is 5. The van der Waals surface area contributed by atoms with Gasteiger partial charge in [0.05, 0.1) is 0 Å². The largest absolute Gasteiger partial charge is 0.462 e. The van der Waals surface area contributed by atoms with Crippen molar-refractivity contribution in [2.45, 2.75) is 105 Å². The molecule has 0 spiro atoms. The van der Waals surface area contributed by atoms with Gasteiger partial charge in [-0.15, -0.1) is 0 Å². The van der Waals surface area contributed by atoms with Crippen molar-refractivity contribution in [3.63, 3.8) is 0 Å². The van der Waals surface area contributed by atoms with Crippen molar-refractivity contribution in [3.05, 3.63) is 23.3 Å². The van der Waals surface area contributed by atoms with E-state index in [-0.39, 0.29) is 28.8 Å². The van der Waals surface area contributed by atoms with Crippen LogP contribution in [0.3, 0.4) is 0 Å². The fourth-order valence-electron chi connectivity index (χ4n) is 8.12. The maximum absolute atomic E-state index is 12.3. The minimum absolute atomic E-state index is 0.0462. The van der Waals surface area contributed by atoms with Gasteiger partial charge in [0.15, 0.2) is 0 Å². The van der Waals surface area contributed by atoms with Gasteiger partial charge in [-0.2, -0.15) is 0 Å². The summed E-state index contributed by atoms with van der Waals surface area (Å²) in [5.41, 5.74) is 3.27. The Morgan fingerprint density at radius 2 is 1.84 bits per heavy atom. The molecule has 0 radical (unpaired) electrons. The molecule has 0 aliphatic heterocycles. The maximum atomic E-state index is 12.3. The van der Waals surface area contributed by atoms with E-state index in [9.17, 15) is 9.59 Å². The van der Waals surface area contributed by atoms with E-state index in [1.807, 2.05) is 6.92 Å². The molecule has 0 aromatic rings. The molecule has 3 saturated carbocycles. The van der Waals surface area contributed by atoms with Gasteiger partial charge in [-0.3, -0.25) is 9.59 Å². The first kappa shape index (κ1) is 22.8. The smallest absolute Gasteiger partial charge is 0.306 e. The molecule has 4 aliphatic carbocycles. The van der Waals surface area contributed by atoms with Crippen LogP contribution in [0.4, 0.5) is 0 Å². The van der Waals surface area contributed by atoms with Gasteiger partial charge in [0.2, 0.25) is 0 Å². The molecule has 0 saturated heterocycles. The SMILES string of the molecule is CC(=O)[C@H]1CC[C@H]2[C@@H]3CC=C4C[C@@H](OC(=O)CCC=C(C)C)CC[C@]4(C)[C@H]3CC[C@]12C. The third-order valence-corrected chi connectivity index (χ3v) is 9.75. The van der Waals surface area contributed by atoms with Crippen molar-refractivity contribution in [3.8, 4) is 0 Å². The first-order chi connectivity index (χ1) is 14.6. The summed E-state index contributed by atoms with van der Waals surface area (Å²) in [5.74, 6) is 2.79. The molecule has 31 heavy (non-hydrogen) atoms. The molecule has 3 fully saturated rings. The summed E-state index contributed by atoms with van der Waals surface area (Å²) in [6.07, 6.45) is 14.9. The Kier molecular flexibility index (Phi) is 6.27. The fourth-order valence-corrected chi connectivity index (χ4v) is 8.12. The van der Waals surface area contributed by atoms with Crippen LogP contribution in [0.25, 0.3) is 0 Å². The van der Waals surface area contributed by atoms with E-state index in [4.69, 9.17) is 4.74 Å². The van der Waals surface area contributed by atoms with Crippen LogP contribution in [-0.4, -0.2) is 17.9 Å². The molecule has 7 atom stereocenters. The molecule has 0 aromatic heterocycles. The lowest BCUT2D eigenvalue weighted by molar-refractivity contribution is -0.151. The number of carbonyl (C=O) groups excluding carboxylic acids is 2. The lowest BCUT2D eigenvalue weighted by Crippen LogP contribution is -2.51. The predicted molar refractivity (Wildman–Crippen MR) is 124 cm³/mol. The van der Waals surface area contributed by atoms with Crippen molar-refractivity contribution in [1.29, 1.82) is 0 Å². The van der Waals surface area contributed by atoms with E-state index in [0.29, 0.717) is 18.1 Å². The van der Waals surface area contributed by atoms with Crippen molar-refractivity contribution in [2.24, 2.45) is 34.5 Å². The Labute approximate surface area is 189 Å². The summed E-state index contributed by atoms with van der Waals surface area (Å²) < 4.78 is 5.88. The Bertz CT molecular complexity index is 788. The summed E-state index contributed by atoms with van der Waals surface area (Å²) in [6, 6.07) is 0. The minimum Gasteiger partial charge on any atom is -0.462 e. The number of Topliss-reactive ketones (excluding diaryl/α,β-unsaturated/α-hetero) is 1. The number of ketones is 1. The molecule has 0 bridgehead atoms. The van der Waals surface area contributed by atoms with Crippen LogP contribution in [-0.2, 0) is 14.3 Å². The average Bonchev–Trinajstić information content (AvgIpc) is 3.05. The van der Waals surface area contributed by atoms with E-state index in [0.717, 1.165) is 50.4 Å². The standard InChI is InChI=1S/C28H42O3/c1-18(2)7-6-8-26(30)31-21-13-15-27(4)20(17-21)9-10-22-24-12-11-23(19(3)29)28(24,5)16-14-25(22)27/h7,9,21-25H,6,8,10-17H2,1-5H3/t21-,22-,23+,24-,25-,27-,28+/m0/s1. The van der Waals surface area contributed by atoms with E-state index < -0.39 is 0 Å². The van der Waals surface area contributed by atoms with Gasteiger partial charge >= 0.3 is 5.97 Å². The molecule has 4 rings (SSSR count). The summed E-state index contributed by atoms with van der Waals surface area (Å²) in [6.45, 7) is 10.8. The highest BCUT2D eigenvalue weighted by Crippen LogP contribution is 2.66. The molecular weight excluding hydrogens is 384 g/mol. The Balaban J connectivity index is 1.43. The summed E-state index contributed by atoms with van der Waals surface area (Å²) in [4.78, 5) is 24.6. The molecule has 0 aromatic carbocycles. The summed E-state index contributed by atoms with van der Waals surface area (Å²) in [5, 5.41) is 0. The van der Waals surface area contributed by atoms with Gasteiger partial charge in [0.1, 0.15) is 11.9 Å². The minimum atomic E-state index is -0.0462. The van der Waals surface area contributed by atoms with E-state index in [1.165, 1.54) is 24.8 Å². The Morgan fingerprint density at radius 3 is 2.55 bits per heavy atom. The zero-order valence-electron chi connectivity index (χ0n) is 20.3. The van der Waals surface area contributed by atoms with Crippen molar-refractivity contribution >= 4 is 11.8 Å². The fraction of sp³-hybridized carbons (Fsp3) is 0.786. The highest BCUT2D eigenvalue weighted by Gasteiger charge is 2.59. The normalized spacial score (nSPS) is 41.3. The van der Waals surface area contributed by atoms with Crippen LogP contribution >= 0.6 is 0 Å². The maximum Gasteiger partial charge on any atom is 0.306 e. The van der Waals surface area contributed by atoms with Gasteiger partial charge < -0.3 is 4.74 Å². The number of esters is 1.